The summed E-state index contributed by atoms with van der Waals surface area (Å²) in [5.74, 6) is 2.88. The van der Waals surface area contributed by atoms with Crippen LogP contribution in [0, 0.1) is 0 Å². The van der Waals surface area contributed by atoms with Crippen molar-refractivity contribution in [2.75, 3.05) is 0 Å². The average molecular weight is 121 g/mol. The van der Waals surface area contributed by atoms with E-state index < -0.39 is 0 Å². The van der Waals surface area contributed by atoms with Gasteiger partial charge in [0.15, 0.2) is 0 Å². The largest absolute Gasteiger partial charge is 0.508 e. The van der Waals surface area contributed by atoms with E-state index in [1.54, 1.807) is 13.0 Å². The maximum absolute atomic E-state index is 9.02. The van der Waals surface area contributed by atoms with Crippen LogP contribution in [0.3, 0.4) is 0 Å². The van der Waals surface area contributed by atoms with E-state index in [0.29, 0.717) is 0 Å². The fraction of sp³-hybridized carbons (Fsp3) is 0.143. The summed E-state index contributed by atoms with van der Waals surface area (Å²) in [7, 11) is 0. The Balaban J connectivity index is 3.06. The molecule has 1 aliphatic heterocycles. The number of nitrogens with zero attached hydrogens (tertiary/aromatic N) is 1. The summed E-state index contributed by atoms with van der Waals surface area (Å²) in [5, 5.41) is 9.02. The van der Waals surface area contributed by atoms with Gasteiger partial charge in [0.1, 0.15) is 5.76 Å². The predicted molar refractivity (Wildman–Crippen MR) is 36.5 cm³/mol. The van der Waals surface area contributed by atoms with Crippen molar-refractivity contribution < 1.29 is 5.11 Å². The maximum atomic E-state index is 9.02. The number of aliphatic imine (C=N–C) groups is 1. The van der Waals surface area contributed by atoms with Gasteiger partial charge < -0.3 is 5.11 Å². The van der Waals surface area contributed by atoms with Crippen LogP contribution in [0.2, 0.25) is 0 Å². The summed E-state index contributed by atoms with van der Waals surface area (Å²) in [6, 6.07) is 0. The SMILES string of the molecule is CC1=C(O)C=CN=C=C1. The minimum Gasteiger partial charge on any atom is -0.508 e. The molecule has 1 N–H and O–H groups in total. The molecule has 0 spiro atoms. The standard InChI is InChI=1S/C7H7NO/c1-6-2-4-8-5-3-7(6)9/h2-3,5,9H,1H3. The molecule has 2 heteroatoms. The molecule has 1 rings (SSSR count). The molecule has 1 aliphatic rings. The summed E-state index contributed by atoms with van der Waals surface area (Å²) < 4.78 is 0. The molecule has 46 valence electrons. The molecule has 0 radical (unpaired) electrons. The van der Waals surface area contributed by atoms with Gasteiger partial charge in [0.25, 0.3) is 0 Å². The van der Waals surface area contributed by atoms with Crippen LogP contribution < -0.4 is 0 Å². The summed E-state index contributed by atoms with van der Waals surface area (Å²) in [6.45, 7) is 1.80. The van der Waals surface area contributed by atoms with E-state index in [9.17, 15) is 0 Å². The van der Waals surface area contributed by atoms with Crippen LogP contribution in [-0.2, 0) is 0 Å². The first-order chi connectivity index (χ1) is 4.30. The second kappa shape index (κ2) is 2.33. The average Bonchev–Trinajstić information content (AvgIpc) is 1.99. The molecule has 0 saturated carbocycles. The van der Waals surface area contributed by atoms with Crippen molar-refractivity contribution in [1.82, 2.24) is 0 Å². The van der Waals surface area contributed by atoms with Gasteiger partial charge in [-0.15, -0.1) is 0 Å². The smallest absolute Gasteiger partial charge is 0.120 e. The Morgan fingerprint density at radius 2 is 2.44 bits per heavy atom. The van der Waals surface area contributed by atoms with Crippen molar-refractivity contribution in [3.05, 3.63) is 29.7 Å². The number of hydrogen-bond acceptors (Lipinski definition) is 2. The molecule has 0 bridgehead atoms. The van der Waals surface area contributed by atoms with E-state index in [2.05, 4.69) is 10.9 Å². The van der Waals surface area contributed by atoms with E-state index in [0.717, 1.165) is 5.57 Å². The van der Waals surface area contributed by atoms with Crippen molar-refractivity contribution in [3.8, 4) is 0 Å². The highest BCUT2D eigenvalue weighted by atomic mass is 16.3. The van der Waals surface area contributed by atoms with E-state index in [1.807, 2.05) is 0 Å². The molecule has 0 saturated heterocycles. The van der Waals surface area contributed by atoms with Crippen LogP contribution in [0.1, 0.15) is 6.92 Å². The van der Waals surface area contributed by atoms with Crippen molar-refractivity contribution in [3.63, 3.8) is 0 Å². The van der Waals surface area contributed by atoms with Gasteiger partial charge in [-0.3, -0.25) is 0 Å². The van der Waals surface area contributed by atoms with Crippen molar-refractivity contribution in [2.24, 2.45) is 4.99 Å². The number of hydrogen-bond donors (Lipinski definition) is 1. The molecule has 2 nitrogen and oxygen atoms in total. The predicted octanol–water partition coefficient (Wildman–Crippen LogP) is 1.57. The Morgan fingerprint density at radius 3 is 3.22 bits per heavy atom. The zero-order valence-electron chi connectivity index (χ0n) is 5.13. The van der Waals surface area contributed by atoms with E-state index >= 15 is 0 Å². The summed E-state index contributed by atoms with van der Waals surface area (Å²) in [4.78, 5) is 3.68. The Morgan fingerprint density at radius 1 is 1.67 bits per heavy atom. The van der Waals surface area contributed by atoms with Crippen molar-refractivity contribution >= 4 is 5.87 Å². The van der Waals surface area contributed by atoms with Crippen LogP contribution in [0.25, 0.3) is 0 Å². The first-order valence-corrected chi connectivity index (χ1v) is 2.65. The third-order valence-corrected chi connectivity index (χ3v) is 1.07. The third kappa shape index (κ3) is 1.31. The molecule has 0 aromatic rings. The Bertz CT molecular complexity index is 229. The summed E-state index contributed by atoms with van der Waals surface area (Å²) >= 11 is 0. The molecule has 0 aromatic carbocycles. The van der Waals surface area contributed by atoms with Crippen molar-refractivity contribution in [2.45, 2.75) is 6.92 Å². The molecular weight excluding hydrogens is 114 g/mol. The Kier molecular flexibility index (Phi) is 1.52. The third-order valence-electron chi connectivity index (χ3n) is 1.07. The lowest BCUT2D eigenvalue weighted by Gasteiger charge is -1.89. The molecule has 0 unspecified atom stereocenters. The molecule has 0 aliphatic carbocycles. The van der Waals surface area contributed by atoms with E-state index in [-0.39, 0.29) is 5.76 Å². The number of aliphatic hydroxyl groups is 1. The fourth-order valence-electron chi connectivity index (χ4n) is 0.490. The number of rotatable bonds is 0. The number of allylic oxidation sites excluding steroid dienone is 3. The highest BCUT2D eigenvalue weighted by Crippen LogP contribution is 2.03. The van der Waals surface area contributed by atoms with Crippen LogP contribution in [0.5, 0.6) is 0 Å². The van der Waals surface area contributed by atoms with Gasteiger partial charge in [0.05, 0.1) is 0 Å². The first-order valence-electron chi connectivity index (χ1n) is 2.65. The van der Waals surface area contributed by atoms with E-state index in [4.69, 9.17) is 5.11 Å². The van der Waals surface area contributed by atoms with Gasteiger partial charge in [-0.1, -0.05) is 0 Å². The fourth-order valence-corrected chi connectivity index (χ4v) is 0.490. The highest BCUT2D eigenvalue weighted by molar-refractivity contribution is 5.59. The minimum absolute atomic E-state index is 0.253. The van der Waals surface area contributed by atoms with Gasteiger partial charge in [-0.2, -0.15) is 0 Å². The molecule has 0 atom stereocenters. The lowest BCUT2D eigenvalue weighted by atomic mass is 10.2. The zero-order chi connectivity index (χ0) is 6.69. The van der Waals surface area contributed by atoms with Gasteiger partial charge in [0, 0.05) is 17.8 Å². The highest BCUT2D eigenvalue weighted by Gasteiger charge is 1.91. The molecular formula is C7H7NO. The quantitative estimate of drug-likeness (QED) is 0.518. The summed E-state index contributed by atoms with van der Waals surface area (Å²) in [6.07, 6.45) is 4.67. The van der Waals surface area contributed by atoms with Crippen LogP contribution in [-0.4, -0.2) is 11.0 Å². The normalized spacial score (nSPS) is 16.6. The van der Waals surface area contributed by atoms with Crippen LogP contribution in [0.4, 0.5) is 0 Å². The van der Waals surface area contributed by atoms with E-state index in [1.165, 1.54) is 12.3 Å². The molecule has 0 aromatic heterocycles. The second-order valence-corrected chi connectivity index (χ2v) is 1.79. The zero-order valence-corrected chi connectivity index (χ0v) is 5.13. The van der Waals surface area contributed by atoms with Crippen molar-refractivity contribution in [1.29, 1.82) is 0 Å². The molecule has 0 fully saturated rings. The first kappa shape index (κ1) is 5.86. The van der Waals surface area contributed by atoms with Gasteiger partial charge in [-0.05, 0) is 18.9 Å². The maximum Gasteiger partial charge on any atom is 0.120 e. The van der Waals surface area contributed by atoms with Crippen LogP contribution >= 0.6 is 0 Å². The Labute approximate surface area is 53.5 Å². The second-order valence-electron chi connectivity index (χ2n) is 1.79. The minimum atomic E-state index is 0.253. The van der Waals surface area contributed by atoms with Crippen LogP contribution in [0.15, 0.2) is 34.7 Å². The molecule has 0 amide bonds. The van der Waals surface area contributed by atoms with Gasteiger partial charge >= 0.3 is 0 Å². The summed E-state index contributed by atoms with van der Waals surface area (Å²) in [5.41, 5.74) is 0.785. The molecule has 1 heterocycles. The lowest BCUT2D eigenvalue weighted by Crippen LogP contribution is -1.77. The number of aliphatic hydroxyl groups excluding tert-OH is 1. The van der Waals surface area contributed by atoms with Gasteiger partial charge in [0.2, 0.25) is 0 Å². The monoisotopic (exact) mass is 121 g/mol. The lowest BCUT2D eigenvalue weighted by molar-refractivity contribution is 0.427. The topological polar surface area (TPSA) is 32.6 Å². The van der Waals surface area contributed by atoms with Gasteiger partial charge in [-0.25, -0.2) is 4.99 Å². The molecule has 9 heavy (non-hydrogen) atoms. The Hall–Kier alpha value is -1.27.